The Bertz CT molecular complexity index is 1390. The van der Waals surface area contributed by atoms with E-state index in [1.807, 2.05) is 27.7 Å². The summed E-state index contributed by atoms with van der Waals surface area (Å²) in [6.45, 7) is 13.3. The molecule has 1 rings (SSSR count). The van der Waals surface area contributed by atoms with E-state index < -0.39 is 108 Å². The minimum absolute atomic E-state index is 0.0241. The quantitative estimate of drug-likeness (QED) is 0.0559. The van der Waals surface area contributed by atoms with Gasteiger partial charge in [0.15, 0.2) is 0 Å². The van der Waals surface area contributed by atoms with Crippen molar-refractivity contribution in [2.24, 2.45) is 35.1 Å². The molecule has 0 saturated carbocycles. The van der Waals surface area contributed by atoms with Gasteiger partial charge in [0.1, 0.15) is 42.8 Å². The lowest BCUT2D eigenvalue weighted by Crippen LogP contribution is -2.61. The number of carbonyl (C=O) groups is 9. The maximum absolute atomic E-state index is 13.8. The van der Waals surface area contributed by atoms with Crippen LogP contribution in [0.2, 0.25) is 0 Å². The Labute approximate surface area is 322 Å². The third-order valence-electron chi connectivity index (χ3n) is 8.92. The topological polar surface area (TPSA) is 301 Å². The minimum Gasteiger partial charge on any atom is -0.480 e. The van der Waals surface area contributed by atoms with E-state index in [2.05, 4.69) is 31.9 Å². The Balaban J connectivity index is 3.26. The van der Waals surface area contributed by atoms with Gasteiger partial charge in [-0.3, -0.25) is 43.2 Å². The average Bonchev–Trinajstić information content (AvgIpc) is 3.58. The van der Waals surface area contributed by atoms with E-state index in [0.29, 0.717) is 6.42 Å². The molecule has 55 heavy (non-hydrogen) atoms. The second-order valence-corrected chi connectivity index (χ2v) is 15.5. The molecule has 1 heterocycles. The largest absolute Gasteiger partial charge is 0.480 e. The molecule has 1 fully saturated rings. The SMILES string of the molecule is CC(C)C[C@H](NC(=O)CN)C(=O)N[C@H](C(=O)N[C@@H](CC(C)C)C(=O)N[C@H](C(=O)N[C@@H](CCC(N)=O)C(=O)N1CCC[C@H]1C(=O)NCC(=O)O)C(C)C)C(C)C. The molecule has 0 spiro atoms. The van der Waals surface area contributed by atoms with Crippen LogP contribution in [0.4, 0.5) is 0 Å². The predicted molar refractivity (Wildman–Crippen MR) is 201 cm³/mol. The number of carboxylic acids is 1. The molecule has 19 nitrogen and oxygen atoms in total. The van der Waals surface area contributed by atoms with E-state index in [1.165, 1.54) is 4.90 Å². The highest BCUT2D eigenvalue weighted by molar-refractivity contribution is 5.97. The molecule has 0 unspecified atom stereocenters. The van der Waals surface area contributed by atoms with Crippen molar-refractivity contribution in [1.82, 2.24) is 36.8 Å². The third-order valence-corrected chi connectivity index (χ3v) is 8.92. The van der Waals surface area contributed by atoms with Crippen LogP contribution in [0.5, 0.6) is 0 Å². The van der Waals surface area contributed by atoms with E-state index in [1.54, 1.807) is 27.7 Å². The normalized spacial score (nSPS) is 16.8. The first-order valence-corrected chi connectivity index (χ1v) is 18.9. The summed E-state index contributed by atoms with van der Waals surface area (Å²) in [5.41, 5.74) is 10.8. The third kappa shape index (κ3) is 16.6. The molecule has 0 aromatic carbocycles. The van der Waals surface area contributed by atoms with Gasteiger partial charge in [-0.1, -0.05) is 55.4 Å². The summed E-state index contributed by atoms with van der Waals surface area (Å²) in [4.78, 5) is 117. The molecule has 6 atom stereocenters. The Hall–Kier alpha value is -4.81. The molecular formula is C36H63N9O10. The molecule has 1 aliphatic heterocycles. The molecule has 11 N–H and O–H groups in total. The van der Waals surface area contributed by atoms with Gasteiger partial charge in [0.05, 0.1) is 6.54 Å². The van der Waals surface area contributed by atoms with Crippen LogP contribution >= 0.6 is 0 Å². The van der Waals surface area contributed by atoms with Gasteiger partial charge in [-0.25, -0.2) is 0 Å². The van der Waals surface area contributed by atoms with E-state index in [0.717, 1.165) is 0 Å². The zero-order chi connectivity index (χ0) is 42.2. The lowest BCUT2D eigenvalue weighted by Gasteiger charge is -2.31. The van der Waals surface area contributed by atoms with Crippen LogP contribution < -0.4 is 43.4 Å². The van der Waals surface area contributed by atoms with Crippen molar-refractivity contribution >= 4 is 53.2 Å². The first-order valence-electron chi connectivity index (χ1n) is 18.9. The van der Waals surface area contributed by atoms with E-state index in [4.69, 9.17) is 16.6 Å². The van der Waals surface area contributed by atoms with Crippen LogP contribution in [0.3, 0.4) is 0 Å². The maximum Gasteiger partial charge on any atom is 0.322 e. The number of nitrogens with zero attached hydrogens (tertiary/aromatic N) is 1. The second-order valence-electron chi connectivity index (χ2n) is 15.5. The summed E-state index contributed by atoms with van der Waals surface area (Å²) < 4.78 is 0. The Morgan fingerprint density at radius 3 is 1.58 bits per heavy atom. The van der Waals surface area contributed by atoms with Crippen LogP contribution in [0, 0.1) is 23.7 Å². The standard InChI is InChI=1S/C36H63N9O10/c1-18(2)14-23(40-27(47)16-37)31(50)43-30(21(7)8)35(54)42-24(15-19(3)4)32(51)44-29(20(5)6)34(53)41-22(11-12-26(38)46)36(55)45-13-9-10-25(45)33(52)39-17-28(48)49/h18-25,29-30H,9-17,37H2,1-8H3,(H2,38,46)(H,39,52)(H,40,47)(H,41,53)(H,42,54)(H,43,50)(H,44,51)(H,48,49)/t22-,23-,24-,25-,29-,30-/m0/s1. The first-order chi connectivity index (χ1) is 25.6. The van der Waals surface area contributed by atoms with E-state index >= 15 is 0 Å². The molecular weight excluding hydrogens is 718 g/mol. The molecule has 8 amide bonds. The number of nitrogens with one attached hydrogen (secondary N) is 6. The van der Waals surface area contributed by atoms with Crippen molar-refractivity contribution in [3.63, 3.8) is 0 Å². The number of amides is 8. The Morgan fingerprint density at radius 1 is 0.691 bits per heavy atom. The van der Waals surface area contributed by atoms with Gasteiger partial charge in [0.2, 0.25) is 47.3 Å². The molecule has 0 aliphatic carbocycles. The fourth-order valence-corrected chi connectivity index (χ4v) is 6.09. The van der Waals surface area contributed by atoms with Crippen molar-refractivity contribution < 1.29 is 48.3 Å². The minimum atomic E-state index is -1.32. The number of carbonyl (C=O) groups excluding carboxylic acids is 8. The lowest BCUT2D eigenvalue weighted by molar-refractivity contribution is -0.143. The number of rotatable bonds is 23. The van der Waals surface area contributed by atoms with Crippen LogP contribution in [0.1, 0.15) is 93.9 Å². The fraction of sp³-hybridized carbons (Fsp3) is 0.750. The van der Waals surface area contributed by atoms with Gasteiger partial charge in [-0.05, 0) is 55.8 Å². The van der Waals surface area contributed by atoms with Gasteiger partial charge >= 0.3 is 5.97 Å². The molecule has 0 bridgehead atoms. The fourth-order valence-electron chi connectivity index (χ4n) is 6.09. The van der Waals surface area contributed by atoms with Crippen LogP contribution in [-0.2, 0) is 43.2 Å². The summed E-state index contributed by atoms with van der Waals surface area (Å²) >= 11 is 0. The number of likely N-dealkylation sites (tertiary alicyclic amines) is 1. The number of hydrogen-bond acceptors (Lipinski definition) is 10. The molecule has 1 aliphatic rings. The molecule has 312 valence electrons. The number of carboxylic acid groups (broad SMARTS) is 1. The van der Waals surface area contributed by atoms with Crippen molar-refractivity contribution in [3.05, 3.63) is 0 Å². The molecule has 0 aromatic heterocycles. The Kier molecular flexibility index (Phi) is 20.3. The summed E-state index contributed by atoms with van der Waals surface area (Å²) in [5, 5.41) is 24.5. The van der Waals surface area contributed by atoms with Gasteiger partial charge in [0.25, 0.3) is 0 Å². The highest BCUT2D eigenvalue weighted by Crippen LogP contribution is 2.20. The van der Waals surface area contributed by atoms with Crippen LogP contribution in [0.25, 0.3) is 0 Å². The zero-order valence-corrected chi connectivity index (χ0v) is 33.4. The van der Waals surface area contributed by atoms with E-state index in [9.17, 15) is 43.2 Å². The van der Waals surface area contributed by atoms with Gasteiger partial charge in [0, 0.05) is 13.0 Å². The van der Waals surface area contributed by atoms with Gasteiger partial charge in [-0.2, -0.15) is 0 Å². The summed E-state index contributed by atoms with van der Waals surface area (Å²) in [6, 6.07) is -6.73. The number of hydrogen-bond donors (Lipinski definition) is 9. The predicted octanol–water partition coefficient (Wildman–Crippen LogP) is -1.77. The summed E-state index contributed by atoms with van der Waals surface area (Å²) in [5.74, 6) is -7.65. The molecule has 19 heteroatoms. The van der Waals surface area contributed by atoms with Gasteiger partial charge < -0.3 is 53.4 Å². The summed E-state index contributed by atoms with van der Waals surface area (Å²) in [6.07, 6.45) is 0.646. The molecule has 1 saturated heterocycles. The van der Waals surface area contributed by atoms with Crippen LogP contribution in [0.15, 0.2) is 0 Å². The second kappa shape index (κ2) is 23.2. The smallest absolute Gasteiger partial charge is 0.322 e. The van der Waals surface area contributed by atoms with Crippen molar-refractivity contribution in [2.45, 2.75) is 130 Å². The van der Waals surface area contributed by atoms with Crippen molar-refractivity contribution in [2.75, 3.05) is 19.6 Å². The first kappa shape index (κ1) is 48.2. The number of nitrogens with two attached hydrogens (primary N) is 2. The lowest BCUT2D eigenvalue weighted by atomic mass is 9.97. The maximum atomic E-state index is 13.8. The molecule has 0 aromatic rings. The average molecular weight is 782 g/mol. The number of aliphatic carboxylic acids is 1. The van der Waals surface area contributed by atoms with Crippen molar-refractivity contribution in [3.8, 4) is 0 Å². The highest BCUT2D eigenvalue weighted by atomic mass is 16.4. The summed E-state index contributed by atoms with van der Waals surface area (Å²) in [7, 11) is 0. The molecule has 0 radical (unpaired) electrons. The Morgan fingerprint density at radius 2 is 1.16 bits per heavy atom. The monoisotopic (exact) mass is 781 g/mol. The van der Waals surface area contributed by atoms with Crippen molar-refractivity contribution in [1.29, 1.82) is 0 Å². The van der Waals surface area contributed by atoms with Crippen LogP contribution in [-0.4, -0.2) is 119 Å². The highest BCUT2D eigenvalue weighted by Gasteiger charge is 2.39. The zero-order valence-electron chi connectivity index (χ0n) is 33.4. The van der Waals surface area contributed by atoms with E-state index in [-0.39, 0.29) is 57.0 Å². The van der Waals surface area contributed by atoms with Gasteiger partial charge in [-0.15, -0.1) is 0 Å². The number of primary amides is 1.